The maximum absolute atomic E-state index is 11.7. The molecule has 124 valence electrons. The van der Waals surface area contributed by atoms with Gasteiger partial charge in [0.1, 0.15) is 17.8 Å². The first kappa shape index (κ1) is 16.9. The standard InChI is InChI=1S/C15H22O7/c1-14(2,3)21-9(16)7-6-8-11-12(10(17)13(18)19-11)22-15(4,5)20-8/h6-8,10-12,17H,1-5H3/b7-6-/t8-,10+,11+,12+/m1/s1. The van der Waals surface area contributed by atoms with E-state index in [2.05, 4.69) is 0 Å². The van der Waals surface area contributed by atoms with Gasteiger partial charge in [0.2, 0.25) is 0 Å². The van der Waals surface area contributed by atoms with Crippen molar-refractivity contribution in [3.8, 4) is 0 Å². The Balaban J connectivity index is 2.11. The third-order valence-corrected chi connectivity index (χ3v) is 3.12. The van der Waals surface area contributed by atoms with E-state index in [1.54, 1.807) is 34.6 Å². The summed E-state index contributed by atoms with van der Waals surface area (Å²) >= 11 is 0. The molecule has 0 aromatic heterocycles. The van der Waals surface area contributed by atoms with Crippen molar-refractivity contribution < 1.29 is 33.6 Å². The quantitative estimate of drug-likeness (QED) is 0.592. The van der Waals surface area contributed by atoms with Crippen molar-refractivity contribution in [1.29, 1.82) is 0 Å². The lowest BCUT2D eigenvalue weighted by atomic mass is 10.0. The molecule has 7 heteroatoms. The van der Waals surface area contributed by atoms with Gasteiger partial charge in [-0.1, -0.05) is 0 Å². The maximum Gasteiger partial charge on any atom is 0.338 e. The highest BCUT2D eigenvalue weighted by atomic mass is 16.7. The average molecular weight is 314 g/mol. The summed E-state index contributed by atoms with van der Waals surface area (Å²) in [5.74, 6) is -2.30. The van der Waals surface area contributed by atoms with Crippen LogP contribution < -0.4 is 0 Å². The van der Waals surface area contributed by atoms with Crippen molar-refractivity contribution in [1.82, 2.24) is 0 Å². The van der Waals surface area contributed by atoms with E-state index in [1.165, 1.54) is 12.2 Å². The van der Waals surface area contributed by atoms with Crippen LogP contribution in [0.1, 0.15) is 34.6 Å². The van der Waals surface area contributed by atoms with E-state index in [4.69, 9.17) is 18.9 Å². The normalized spacial score (nSPS) is 34.4. The van der Waals surface area contributed by atoms with Gasteiger partial charge in [0.05, 0.1) is 0 Å². The van der Waals surface area contributed by atoms with Crippen LogP contribution in [0.3, 0.4) is 0 Å². The van der Waals surface area contributed by atoms with Gasteiger partial charge in [0, 0.05) is 6.08 Å². The fourth-order valence-electron chi connectivity index (χ4n) is 2.38. The highest BCUT2D eigenvalue weighted by Crippen LogP contribution is 2.35. The van der Waals surface area contributed by atoms with Gasteiger partial charge >= 0.3 is 11.9 Å². The molecule has 4 atom stereocenters. The number of carbonyl (C=O) groups is 2. The topological polar surface area (TPSA) is 91.3 Å². The Hall–Kier alpha value is -1.44. The molecule has 0 aromatic rings. The van der Waals surface area contributed by atoms with Gasteiger partial charge in [0.25, 0.3) is 0 Å². The van der Waals surface area contributed by atoms with E-state index in [0.717, 1.165) is 0 Å². The molecule has 0 saturated carbocycles. The first-order chi connectivity index (χ1) is 9.98. The molecular formula is C15H22O7. The first-order valence-electron chi connectivity index (χ1n) is 7.14. The summed E-state index contributed by atoms with van der Waals surface area (Å²) < 4.78 is 21.4. The lowest BCUT2D eigenvalue weighted by Crippen LogP contribution is -2.54. The summed E-state index contributed by atoms with van der Waals surface area (Å²) in [6.45, 7) is 8.61. The number of ether oxygens (including phenoxy) is 4. The summed E-state index contributed by atoms with van der Waals surface area (Å²) in [4.78, 5) is 23.2. The van der Waals surface area contributed by atoms with E-state index < -0.39 is 47.7 Å². The van der Waals surface area contributed by atoms with Crippen molar-refractivity contribution in [2.24, 2.45) is 0 Å². The molecule has 0 unspecified atom stereocenters. The van der Waals surface area contributed by atoms with Crippen LogP contribution in [0.4, 0.5) is 0 Å². The number of hydrogen-bond acceptors (Lipinski definition) is 7. The SMILES string of the molecule is CC(C)(C)OC(=O)/C=C\[C@H]1OC(C)(C)O[C@@H]2[C@H]1OC(=O)[C@H]2O. The summed E-state index contributed by atoms with van der Waals surface area (Å²) in [5.41, 5.74) is -0.601. The predicted molar refractivity (Wildman–Crippen MR) is 74.7 cm³/mol. The van der Waals surface area contributed by atoms with Crippen LogP contribution in [0, 0.1) is 0 Å². The van der Waals surface area contributed by atoms with Crippen LogP contribution in [-0.2, 0) is 28.5 Å². The second-order valence-corrected chi connectivity index (χ2v) is 6.80. The van der Waals surface area contributed by atoms with Crippen LogP contribution in [0.2, 0.25) is 0 Å². The third kappa shape index (κ3) is 3.85. The second-order valence-electron chi connectivity index (χ2n) is 6.80. The Kier molecular flexibility index (Phi) is 4.34. The fraction of sp³-hybridized carbons (Fsp3) is 0.733. The Morgan fingerprint density at radius 3 is 2.50 bits per heavy atom. The summed E-state index contributed by atoms with van der Waals surface area (Å²) in [7, 11) is 0. The number of hydrogen-bond donors (Lipinski definition) is 1. The lowest BCUT2D eigenvalue weighted by molar-refractivity contribution is -0.317. The molecule has 0 bridgehead atoms. The highest BCUT2D eigenvalue weighted by molar-refractivity contribution is 5.82. The number of aliphatic hydroxyl groups excluding tert-OH is 1. The molecule has 0 aromatic carbocycles. The van der Waals surface area contributed by atoms with Crippen molar-refractivity contribution in [2.75, 3.05) is 0 Å². The molecule has 0 radical (unpaired) electrons. The van der Waals surface area contributed by atoms with Crippen LogP contribution >= 0.6 is 0 Å². The van der Waals surface area contributed by atoms with Gasteiger partial charge in [-0.05, 0) is 40.7 Å². The van der Waals surface area contributed by atoms with Crippen molar-refractivity contribution in [3.05, 3.63) is 12.2 Å². The van der Waals surface area contributed by atoms with Crippen LogP contribution in [0.15, 0.2) is 12.2 Å². The molecule has 7 nitrogen and oxygen atoms in total. The number of rotatable bonds is 2. The third-order valence-electron chi connectivity index (χ3n) is 3.12. The minimum absolute atomic E-state index is 0.526. The molecule has 2 saturated heterocycles. The molecule has 22 heavy (non-hydrogen) atoms. The zero-order valence-corrected chi connectivity index (χ0v) is 13.4. The zero-order chi connectivity index (χ0) is 16.7. The summed E-state index contributed by atoms with van der Waals surface area (Å²) in [6.07, 6.45) is -0.999. The number of carbonyl (C=O) groups excluding carboxylic acids is 2. The Labute approximate surface area is 129 Å². The molecule has 2 heterocycles. The Morgan fingerprint density at radius 1 is 1.27 bits per heavy atom. The highest BCUT2D eigenvalue weighted by Gasteiger charge is 2.54. The molecule has 2 aliphatic heterocycles. The fourth-order valence-corrected chi connectivity index (χ4v) is 2.38. The smallest absolute Gasteiger partial charge is 0.338 e. The number of aliphatic hydroxyl groups is 1. The monoisotopic (exact) mass is 314 g/mol. The Bertz CT molecular complexity index is 489. The average Bonchev–Trinajstić information content (AvgIpc) is 2.60. The van der Waals surface area contributed by atoms with E-state index in [1.807, 2.05) is 0 Å². The molecule has 0 spiro atoms. The van der Waals surface area contributed by atoms with Gasteiger partial charge in [-0.15, -0.1) is 0 Å². The lowest BCUT2D eigenvalue weighted by Gasteiger charge is -2.41. The van der Waals surface area contributed by atoms with Gasteiger partial charge in [-0.2, -0.15) is 0 Å². The van der Waals surface area contributed by atoms with E-state index in [0.29, 0.717) is 0 Å². The number of esters is 2. The molecule has 0 aliphatic carbocycles. The maximum atomic E-state index is 11.7. The largest absolute Gasteiger partial charge is 0.457 e. The van der Waals surface area contributed by atoms with Crippen LogP contribution in [0.5, 0.6) is 0 Å². The van der Waals surface area contributed by atoms with Crippen molar-refractivity contribution >= 4 is 11.9 Å². The van der Waals surface area contributed by atoms with Gasteiger partial charge in [-0.3, -0.25) is 0 Å². The molecule has 2 rings (SSSR count). The van der Waals surface area contributed by atoms with E-state index >= 15 is 0 Å². The predicted octanol–water partition coefficient (Wildman–Crippen LogP) is 0.691. The van der Waals surface area contributed by atoms with E-state index in [9.17, 15) is 14.7 Å². The number of fused-ring (bicyclic) bond motifs is 1. The molecule has 1 N–H and O–H groups in total. The van der Waals surface area contributed by atoms with Gasteiger partial charge in [0.15, 0.2) is 18.0 Å². The molecule has 2 aliphatic rings. The van der Waals surface area contributed by atoms with Crippen LogP contribution in [-0.4, -0.2) is 52.8 Å². The first-order valence-corrected chi connectivity index (χ1v) is 7.14. The minimum atomic E-state index is -1.36. The Morgan fingerprint density at radius 2 is 1.91 bits per heavy atom. The molecule has 0 amide bonds. The summed E-state index contributed by atoms with van der Waals surface area (Å²) in [6, 6.07) is 0. The minimum Gasteiger partial charge on any atom is -0.457 e. The zero-order valence-electron chi connectivity index (χ0n) is 13.4. The van der Waals surface area contributed by atoms with Gasteiger partial charge in [-0.25, -0.2) is 9.59 Å². The molecule has 2 fully saturated rings. The van der Waals surface area contributed by atoms with Crippen molar-refractivity contribution in [3.63, 3.8) is 0 Å². The van der Waals surface area contributed by atoms with Gasteiger partial charge < -0.3 is 24.1 Å². The second kappa shape index (κ2) is 5.64. The van der Waals surface area contributed by atoms with Crippen LogP contribution in [0.25, 0.3) is 0 Å². The van der Waals surface area contributed by atoms with E-state index in [-0.39, 0.29) is 0 Å². The molecular weight excluding hydrogens is 292 g/mol. The van der Waals surface area contributed by atoms with Crippen molar-refractivity contribution in [2.45, 2.75) is 70.4 Å². The summed E-state index contributed by atoms with van der Waals surface area (Å²) in [5, 5.41) is 9.80.